The average Bonchev–Trinajstić information content (AvgIpc) is 2.58. The van der Waals surface area contributed by atoms with Gasteiger partial charge < -0.3 is 14.6 Å². The molecule has 0 fully saturated rings. The fourth-order valence-electron chi connectivity index (χ4n) is 2.22. The van der Waals surface area contributed by atoms with E-state index in [1.165, 1.54) is 27.6 Å². The topological polar surface area (TPSA) is 108 Å². The number of carbonyl (C=O) groups is 1. The Morgan fingerprint density at radius 2 is 2.12 bits per heavy atom. The molecule has 0 aliphatic rings. The molecule has 0 radical (unpaired) electrons. The van der Waals surface area contributed by atoms with Gasteiger partial charge in [0.05, 0.1) is 17.9 Å². The van der Waals surface area contributed by atoms with Gasteiger partial charge in [0.1, 0.15) is 0 Å². The van der Waals surface area contributed by atoms with Crippen molar-refractivity contribution in [2.45, 2.75) is 26.8 Å². The standard InChI is InChI=1S/C16H21N5O4/c1-4-25-14(23)12-10-18-15(19-11(12)2)17-7-5-8-21-13(22)6-9-20(3)16(21)24/h6,9-10H,4-5,7-8H2,1-3H3,(H,17,18,19). The molecule has 2 rings (SSSR count). The number of aromatic nitrogens is 4. The monoisotopic (exact) mass is 347 g/mol. The van der Waals surface area contributed by atoms with Crippen LogP contribution in [0.25, 0.3) is 0 Å². The molecule has 9 heteroatoms. The molecule has 2 heterocycles. The molecular formula is C16H21N5O4. The summed E-state index contributed by atoms with van der Waals surface area (Å²) in [7, 11) is 1.60. The maximum absolute atomic E-state index is 11.9. The summed E-state index contributed by atoms with van der Waals surface area (Å²) in [6, 6.07) is 1.36. The van der Waals surface area contributed by atoms with E-state index in [1.807, 2.05) is 0 Å². The number of anilines is 1. The Bertz CT molecular complexity index is 872. The second kappa shape index (κ2) is 8.22. The third kappa shape index (κ3) is 4.52. The van der Waals surface area contributed by atoms with Crippen LogP contribution in [0.3, 0.4) is 0 Å². The van der Waals surface area contributed by atoms with Crippen LogP contribution < -0.4 is 16.6 Å². The first-order valence-corrected chi connectivity index (χ1v) is 7.95. The van der Waals surface area contributed by atoms with Crippen molar-refractivity contribution in [3.63, 3.8) is 0 Å². The number of esters is 1. The summed E-state index contributed by atoms with van der Waals surface area (Å²) in [6.07, 6.45) is 3.41. The predicted octanol–water partition coefficient (Wildman–Crippen LogP) is 0.324. The lowest BCUT2D eigenvalue weighted by atomic mass is 10.2. The summed E-state index contributed by atoms with van der Waals surface area (Å²) < 4.78 is 7.46. The number of nitrogens with one attached hydrogen (secondary N) is 1. The van der Waals surface area contributed by atoms with Gasteiger partial charge in [0.15, 0.2) is 0 Å². The van der Waals surface area contributed by atoms with Gasteiger partial charge in [0, 0.05) is 38.6 Å². The molecular weight excluding hydrogens is 326 g/mol. The van der Waals surface area contributed by atoms with E-state index in [0.717, 1.165) is 0 Å². The lowest BCUT2D eigenvalue weighted by molar-refractivity contribution is 0.0524. The third-order valence-corrected chi connectivity index (χ3v) is 3.56. The summed E-state index contributed by atoms with van der Waals surface area (Å²) in [5.41, 5.74) is 0.170. The van der Waals surface area contributed by atoms with Gasteiger partial charge in [-0.3, -0.25) is 9.36 Å². The number of nitrogens with zero attached hydrogens (tertiary/aromatic N) is 4. The minimum atomic E-state index is -0.453. The SMILES string of the molecule is CCOC(=O)c1cnc(NCCCn2c(=O)ccn(C)c2=O)nc1C. The van der Waals surface area contributed by atoms with Crippen molar-refractivity contribution in [1.29, 1.82) is 0 Å². The minimum absolute atomic E-state index is 0.288. The van der Waals surface area contributed by atoms with E-state index in [1.54, 1.807) is 20.9 Å². The molecule has 2 aromatic heterocycles. The molecule has 1 N–H and O–H groups in total. The maximum atomic E-state index is 11.9. The summed E-state index contributed by atoms with van der Waals surface area (Å²) in [4.78, 5) is 43.6. The predicted molar refractivity (Wildman–Crippen MR) is 91.8 cm³/mol. The van der Waals surface area contributed by atoms with Crippen LogP contribution in [-0.4, -0.2) is 38.2 Å². The summed E-state index contributed by atoms with van der Waals surface area (Å²) in [5, 5.41) is 3.01. The number of hydrogen-bond donors (Lipinski definition) is 1. The smallest absolute Gasteiger partial charge is 0.341 e. The third-order valence-electron chi connectivity index (χ3n) is 3.56. The quantitative estimate of drug-likeness (QED) is 0.568. The molecule has 0 aromatic carbocycles. The Balaban J connectivity index is 1.94. The Labute approximate surface area is 144 Å². The van der Waals surface area contributed by atoms with E-state index in [-0.39, 0.29) is 17.9 Å². The largest absolute Gasteiger partial charge is 0.462 e. The summed E-state index contributed by atoms with van der Waals surface area (Å²) >= 11 is 0. The summed E-state index contributed by atoms with van der Waals surface area (Å²) in [5.74, 6) is -0.0790. The fraction of sp³-hybridized carbons (Fsp3) is 0.438. The second-order valence-electron chi connectivity index (χ2n) is 5.39. The van der Waals surface area contributed by atoms with Gasteiger partial charge in [-0.2, -0.15) is 0 Å². The zero-order valence-electron chi connectivity index (χ0n) is 14.5. The van der Waals surface area contributed by atoms with Gasteiger partial charge in [-0.05, 0) is 20.3 Å². The number of carbonyl (C=O) groups excluding carboxylic acids is 1. The molecule has 0 saturated heterocycles. The minimum Gasteiger partial charge on any atom is -0.462 e. The van der Waals surface area contributed by atoms with Crippen molar-refractivity contribution in [2.24, 2.45) is 7.05 Å². The first-order valence-electron chi connectivity index (χ1n) is 7.95. The first-order chi connectivity index (χ1) is 11.9. The van der Waals surface area contributed by atoms with Crippen molar-refractivity contribution in [3.05, 3.63) is 50.6 Å². The average molecular weight is 347 g/mol. The lowest BCUT2D eigenvalue weighted by Crippen LogP contribution is -2.38. The molecule has 25 heavy (non-hydrogen) atoms. The Morgan fingerprint density at radius 3 is 2.80 bits per heavy atom. The molecule has 0 aliphatic carbocycles. The van der Waals surface area contributed by atoms with E-state index in [9.17, 15) is 14.4 Å². The van der Waals surface area contributed by atoms with E-state index in [0.29, 0.717) is 36.7 Å². The van der Waals surface area contributed by atoms with E-state index in [2.05, 4.69) is 15.3 Å². The molecule has 0 unspecified atom stereocenters. The molecule has 134 valence electrons. The lowest BCUT2D eigenvalue weighted by Gasteiger charge is -2.09. The van der Waals surface area contributed by atoms with Crippen LogP contribution in [0.15, 0.2) is 28.0 Å². The van der Waals surface area contributed by atoms with Gasteiger partial charge in [0.2, 0.25) is 5.95 Å². The van der Waals surface area contributed by atoms with Gasteiger partial charge >= 0.3 is 11.7 Å². The summed E-state index contributed by atoms with van der Waals surface area (Å²) in [6.45, 7) is 4.49. The van der Waals surface area contributed by atoms with Crippen LogP contribution >= 0.6 is 0 Å². The molecule has 0 bridgehead atoms. The molecule has 0 spiro atoms. The van der Waals surface area contributed by atoms with Crippen molar-refractivity contribution in [3.8, 4) is 0 Å². The van der Waals surface area contributed by atoms with Crippen molar-refractivity contribution >= 4 is 11.9 Å². The van der Waals surface area contributed by atoms with E-state index >= 15 is 0 Å². The molecule has 0 amide bonds. The fourth-order valence-corrected chi connectivity index (χ4v) is 2.22. The Hall–Kier alpha value is -2.97. The van der Waals surface area contributed by atoms with Crippen LogP contribution in [-0.2, 0) is 18.3 Å². The van der Waals surface area contributed by atoms with Crippen LogP contribution in [0.1, 0.15) is 29.4 Å². The highest BCUT2D eigenvalue weighted by Gasteiger charge is 2.12. The van der Waals surface area contributed by atoms with Crippen molar-refractivity contribution in [1.82, 2.24) is 19.1 Å². The number of hydrogen-bond acceptors (Lipinski definition) is 7. The molecule has 0 atom stereocenters. The van der Waals surface area contributed by atoms with Crippen LogP contribution in [0, 0.1) is 6.92 Å². The number of aryl methyl sites for hydroxylation is 2. The zero-order valence-corrected chi connectivity index (χ0v) is 14.5. The molecule has 9 nitrogen and oxygen atoms in total. The molecule has 0 saturated carbocycles. The number of ether oxygens (including phenoxy) is 1. The molecule has 0 aliphatic heterocycles. The Morgan fingerprint density at radius 1 is 1.36 bits per heavy atom. The highest BCUT2D eigenvalue weighted by molar-refractivity contribution is 5.90. The second-order valence-corrected chi connectivity index (χ2v) is 5.39. The Kier molecular flexibility index (Phi) is 6.04. The van der Waals surface area contributed by atoms with Crippen LogP contribution in [0.4, 0.5) is 5.95 Å². The normalized spacial score (nSPS) is 10.5. The zero-order chi connectivity index (χ0) is 18.4. The van der Waals surface area contributed by atoms with Gasteiger partial charge in [0.25, 0.3) is 5.56 Å². The highest BCUT2D eigenvalue weighted by Crippen LogP contribution is 2.08. The van der Waals surface area contributed by atoms with E-state index < -0.39 is 5.97 Å². The van der Waals surface area contributed by atoms with Gasteiger partial charge in [-0.15, -0.1) is 0 Å². The van der Waals surface area contributed by atoms with Crippen molar-refractivity contribution < 1.29 is 9.53 Å². The molecule has 2 aromatic rings. The highest BCUT2D eigenvalue weighted by atomic mass is 16.5. The van der Waals surface area contributed by atoms with Crippen LogP contribution in [0.5, 0.6) is 0 Å². The van der Waals surface area contributed by atoms with Crippen molar-refractivity contribution in [2.75, 3.05) is 18.5 Å². The van der Waals surface area contributed by atoms with Gasteiger partial charge in [-0.1, -0.05) is 0 Å². The van der Waals surface area contributed by atoms with E-state index in [4.69, 9.17) is 4.74 Å². The van der Waals surface area contributed by atoms with Gasteiger partial charge in [-0.25, -0.2) is 19.6 Å². The first kappa shape index (κ1) is 18.4. The maximum Gasteiger partial charge on any atom is 0.341 e. The number of rotatable bonds is 7. The van der Waals surface area contributed by atoms with Crippen LogP contribution in [0.2, 0.25) is 0 Å².